The number of likely N-dealkylation sites (N-methyl/N-ethyl adjacent to an activating group) is 1. The van der Waals surface area contributed by atoms with Gasteiger partial charge in [0.25, 0.3) is 0 Å². The molecule has 0 fully saturated rings. The van der Waals surface area contributed by atoms with E-state index < -0.39 is 6.04 Å². The average Bonchev–Trinajstić information content (AvgIpc) is 2.63. The molecule has 4 nitrogen and oxygen atoms in total. The van der Waals surface area contributed by atoms with Crippen LogP contribution in [0.4, 0.5) is 0 Å². The third-order valence-electron chi connectivity index (χ3n) is 2.31. The summed E-state index contributed by atoms with van der Waals surface area (Å²) in [6.07, 6.45) is 1.62. The maximum absolute atomic E-state index is 11.8. The topological polar surface area (TPSA) is 59.5 Å². The molecule has 1 rings (SSSR count). The molecule has 0 saturated carbocycles. The highest BCUT2D eigenvalue weighted by atomic mass is 79.9. The molecule has 0 aliphatic rings. The van der Waals surface area contributed by atoms with E-state index in [0.29, 0.717) is 17.6 Å². The van der Waals surface area contributed by atoms with Crippen LogP contribution in [0.2, 0.25) is 0 Å². The Morgan fingerprint density at radius 3 is 2.81 bits per heavy atom. The molecule has 1 aromatic rings. The van der Waals surface area contributed by atoms with Gasteiger partial charge in [0, 0.05) is 7.05 Å². The number of hydrogen-bond donors (Lipinski definition) is 1. The summed E-state index contributed by atoms with van der Waals surface area (Å²) in [6.45, 7) is 2.46. The monoisotopic (exact) mass is 288 g/mol. The number of rotatable bonds is 5. The predicted octanol–water partition coefficient (Wildman–Crippen LogP) is 2.13. The molecular weight excluding hydrogens is 272 g/mol. The lowest BCUT2D eigenvalue weighted by Crippen LogP contribution is -2.41. The third kappa shape index (κ3) is 3.64. The second kappa shape index (κ2) is 6.06. The van der Waals surface area contributed by atoms with E-state index in [1.807, 2.05) is 13.0 Å². The Morgan fingerprint density at radius 2 is 2.31 bits per heavy atom. The number of amides is 1. The van der Waals surface area contributed by atoms with Crippen LogP contribution < -0.4 is 5.73 Å². The van der Waals surface area contributed by atoms with Crippen LogP contribution in [0.1, 0.15) is 25.5 Å². The number of carbonyl (C=O) groups excluding carboxylic acids is 1. The van der Waals surface area contributed by atoms with Gasteiger partial charge in [0.05, 0.1) is 12.6 Å². The highest BCUT2D eigenvalue weighted by Crippen LogP contribution is 2.15. The lowest BCUT2D eigenvalue weighted by molar-refractivity contribution is -0.132. The van der Waals surface area contributed by atoms with Crippen LogP contribution in [0, 0.1) is 0 Å². The van der Waals surface area contributed by atoms with Crippen LogP contribution in [0.5, 0.6) is 0 Å². The molecule has 0 aliphatic heterocycles. The molecule has 0 radical (unpaired) electrons. The number of furan rings is 1. The van der Waals surface area contributed by atoms with Crippen molar-refractivity contribution in [2.24, 2.45) is 5.73 Å². The first-order valence-electron chi connectivity index (χ1n) is 5.29. The Bertz CT molecular complexity index is 352. The maximum atomic E-state index is 11.8. The molecule has 2 N–H and O–H groups in total. The zero-order valence-corrected chi connectivity index (χ0v) is 11.2. The van der Waals surface area contributed by atoms with E-state index in [0.717, 1.165) is 12.2 Å². The summed E-state index contributed by atoms with van der Waals surface area (Å²) in [6, 6.07) is 3.23. The Morgan fingerprint density at radius 1 is 1.62 bits per heavy atom. The first-order valence-corrected chi connectivity index (χ1v) is 6.08. The summed E-state index contributed by atoms with van der Waals surface area (Å²) < 4.78 is 5.99. The summed E-state index contributed by atoms with van der Waals surface area (Å²) in [4.78, 5) is 13.4. The lowest BCUT2D eigenvalue weighted by Gasteiger charge is -2.19. The molecule has 5 heteroatoms. The highest BCUT2D eigenvalue weighted by Gasteiger charge is 2.18. The molecule has 1 aromatic heterocycles. The molecule has 1 heterocycles. The molecule has 0 saturated heterocycles. The summed E-state index contributed by atoms with van der Waals surface area (Å²) in [7, 11) is 1.73. The van der Waals surface area contributed by atoms with Gasteiger partial charge in [-0.25, -0.2) is 0 Å². The summed E-state index contributed by atoms with van der Waals surface area (Å²) in [5.74, 6) is 0.695. The molecule has 1 unspecified atom stereocenters. The molecule has 0 bridgehead atoms. The second-order valence-electron chi connectivity index (χ2n) is 3.80. The van der Waals surface area contributed by atoms with E-state index in [4.69, 9.17) is 10.2 Å². The fourth-order valence-corrected chi connectivity index (χ4v) is 1.81. The van der Waals surface area contributed by atoms with Gasteiger partial charge < -0.3 is 15.1 Å². The average molecular weight is 289 g/mol. The van der Waals surface area contributed by atoms with E-state index in [1.165, 1.54) is 0 Å². The first-order chi connectivity index (χ1) is 7.54. The number of hydrogen-bond acceptors (Lipinski definition) is 3. The molecular formula is C11H17BrN2O2. The Labute approximate surface area is 104 Å². The van der Waals surface area contributed by atoms with Gasteiger partial charge >= 0.3 is 0 Å². The number of nitrogens with zero attached hydrogens (tertiary/aromatic N) is 1. The zero-order chi connectivity index (χ0) is 12.1. The van der Waals surface area contributed by atoms with Crippen LogP contribution >= 0.6 is 15.9 Å². The Hall–Kier alpha value is -0.810. The van der Waals surface area contributed by atoms with Crippen molar-refractivity contribution >= 4 is 21.8 Å². The van der Waals surface area contributed by atoms with E-state index in [2.05, 4.69) is 15.9 Å². The molecule has 90 valence electrons. The number of nitrogens with two attached hydrogens (primary N) is 1. The normalized spacial score (nSPS) is 12.5. The van der Waals surface area contributed by atoms with Crippen molar-refractivity contribution in [1.29, 1.82) is 0 Å². The van der Waals surface area contributed by atoms with Crippen molar-refractivity contribution in [1.82, 2.24) is 4.90 Å². The maximum Gasteiger partial charge on any atom is 0.239 e. The van der Waals surface area contributed by atoms with Gasteiger partial charge in [0.2, 0.25) is 5.91 Å². The second-order valence-corrected chi connectivity index (χ2v) is 4.58. The van der Waals surface area contributed by atoms with Crippen molar-refractivity contribution in [2.45, 2.75) is 32.4 Å². The fourth-order valence-electron chi connectivity index (χ4n) is 1.47. The molecule has 1 amide bonds. The SMILES string of the molecule is CCCC(N)C(=O)N(C)Cc1ccc(Br)o1. The summed E-state index contributed by atoms with van der Waals surface area (Å²) in [5, 5.41) is 0. The van der Waals surface area contributed by atoms with Crippen molar-refractivity contribution in [3.8, 4) is 0 Å². The molecule has 0 aromatic carbocycles. The zero-order valence-electron chi connectivity index (χ0n) is 9.57. The predicted molar refractivity (Wildman–Crippen MR) is 65.8 cm³/mol. The van der Waals surface area contributed by atoms with Gasteiger partial charge in [0.15, 0.2) is 4.67 Å². The minimum Gasteiger partial charge on any atom is -0.452 e. The fraction of sp³-hybridized carbons (Fsp3) is 0.545. The summed E-state index contributed by atoms with van der Waals surface area (Å²) >= 11 is 3.22. The van der Waals surface area contributed by atoms with Crippen molar-refractivity contribution in [3.63, 3.8) is 0 Å². The third-order valence-corrected chi connectivity index (χ3v) is 2.74. The van der Waals surface area contributed by atoms with Crippen molar-refractivity contribution < 1.29 is 9.21 Å². The van der Waals surface area contributed by atoms with E-state index in [-0.39, 0.29) is 5.91 Å². The number of halogens is 1. The van der Waals surface area contributed by atoms with Gasteiger partial charge in [-0.1, -0.05) is 13.3 Å². The minimum atomic E-state index is -0.409. The molecule has 16 heavy (non-hydrogen) atoms. The van der Waals surface area contributed by atoms with Gasteiger partial charge in [-0.15, -0.1) is 0 Å². The smallest absolute Gasteiger partial charge is 0.239 e. The van der Waals surface area contributed by atoms with E-state index in [9.17, 15) is 4.79 Å². The van der Waals surface area contributed by atoms with Gasteiger partial charge in [0.1, 0.15) is 5.76 Å². The highest BCUT2D eigenvalue weighted by molar-refractivity contribution is 9.10. The minimum absolute atomic E-state index is 0.0469. The first kappa shape index (κ1) is 13.3. The van der Waals surface area contributed by atoms with Crippen molar-refractivity contribution in [2.75, 3.05) is 7.05 Å². The molecule has 1 atom stereocenters. The molecule has 0 spiro atoms. The van der Waals surface area contributed by atoms with Crippen LogP contribution in [0.3, 0.4) is 0 Å². The van der Waals surface area contributed by atoms with E-state index in [1.54, 1.807) is 18.0 Å². The van der Waals surface area contributed by atoms with Crippen LogP contribution in [-0.2, 0) is 11.3 Å². The number of carbonyl (C=O) groups is 1. The standard InChI is InChI=1S/C11H17BrN2O2/c1-3-4-9(13)11(15)14(2)7-8-5-6-10(12)16-8/h5-6,9H,3-4,7,13H2,1-2H3. The van der Waals surface area contributed by atoms with Gasteiger partial charge in [-0.05, 0) is 34.5 Å². The van der Waals surface area contributed by atoms with Crippen molar-refractivity contribution in [3.05, 3.63) is 22.6 Å². The lowest BCUT2D eigenvalue weighted by atomic mass is 10.1. The molecule has 0 aliphatic carbocycles. The van der Waals surface area contributed by atoms with Crippen LogP contribution in [0.15, 0.2) is 21.2 Å². The quantitative estimate of drug-likeness (QED) is 0.903. The van der Waals surface area contributed by atoms with Crippen LogP contribution in [0.25, 0.3) is 0 Å². The van der Waals surface area contributed by atoms with Gasteiger partial charge in [-0.3, -0.25) is 4.79 Å². The largest absolute Gasteiger partial charge is 0.452 e. The van der Waals surface area contributed by atoms with Gasteiger partial charge in [-0.2, -0.15) is 0 Å². The van der Waals surface area contributed by atoms with E-state index >= 15 is 0 Å². The summed E-state index contributed by atoms with van der Waals surface area (Å²) in [5.41, 5.74) is 5.76. The Balaban J connectivity index is 2.51. The van der Waals surface area contributed by atoms with Crippen LogP contribution in [-0.4, -0.2) is 23.9 Å². The Kier molecular flexibility index (Phi) is 5.02.